The fourth-order valence-corrected chi connectivity index (χ4v) is 1.83. The Labute approximate surface area is 108 Å². The van der Waals surface area contributed by atoms with Gasteiger partial charge < -0.3 is 4.90 Å². The van der Waals surface area contributed by atoms with Crippen LogP contribution in [0.1, 0.15) is 25.7 Å². The molecule has 0 aromatic carbocycles. The third kappa shape index (κ3) is 7.80. The van der Waals surface area contributed by atoms with Crippen LogP contribution < -0.4 is 0 Å². The van der Waals surface area contributed by atoms with Gasteiger partial charge in [0.15, 0.2) is 0 Å². The maximum absolute atomic E-state index is 11.6. The molecule has 0 rings (SSSR count). The van der Waals surface area contributed by atoms with Crippen LogP contribution in [0.5, 0.6) is 0 Å². The maximum atomic E-state index is 11.6. The molecule has 1 amide bonds. The molecule has 0 aliphatic heterocycles. The number of carbonyl (C=O) groups is 1. The molecule has 0 saturated heterocycles. The number of hydrogen-bond donors (Lipinski definition) is 0. The zero-order chi connectivity index (χ0) is 11.5. The monoisotopic (exact) mass is 338 g/mol. The molecule has 5 heteroatoms. The van der Waals surface area contributed by atoms with Gasteiger partial charge in [0.2, 0.25) is 5.91 Å². The van der Waals surface area contributed by atoms with Crippen LogP contribution in [0.3, 0.4) is 0 Å². The van der Waals surface area contributed by atoms with Gasteiger partial charge in [-0.25, -0.2) is 0 Å². The van der Waals surface area contributed by atoms with Crippen LogP contribution in [0.4, 0.5) is 0 Å². The summed E-state index contributed by atoms with van der Waals surface area (Å²) in [4.78, 5) is 13.3. The van der Waals surface area contributed by atoms with Gasteiger partial charge in [0.1, 0.15) is 6.54 Å². The van der Waals surface area contributed by atoms with E-state index in [0.29, 0.717) is 13.0 Å². The molecule has 3 nitrogen and oxygen atoms in total. The Kier molecular flexibility index (Phi) is 10.4. The summed E-state index contributed by atoms with van der Waals surface area (Å²) in [6.07, 6.45) is 3.35. The SMILES string of the molecule is N#CCN(CCCCBr)C(=O)CCCBr. The van der Waals surface area contributed by atoms with Gasteiger partial charge in [0, 0.05) is 23.6 Å². The molecule has 0 N–H and O–H groups in total. The molecule has 0 unspecified atom stereocenters. The Morgan fingerprint density at radius 2 is 1.87 bits per heavy atom. The first kappa shape index (κ1) is 14.9. The molecular formula is C10H16Br2N2O. The summed E-state index contributed by atoms with van der Waals surface area (Å²) in [6.45, 7) is 0.906. The smallest absolute Gasteiger partial charge is 0.223 e. The van der Waals surface area contributed by atoms with E-state index in [1.165, 1.54) is 0 Å². The van der Waals surface area contributed by atoms with E-state index < -0.39 is 0 Å². The topological polar surface area (TPSA) is 44.1 Å². The molecule has 0 aromatic heterocycles. The van der Waals surface area contributed by atoms with Crippen LogP contribution in [0.25, 0.3) is 0 Å². The molecule has 0 radical (unpaired) electrons. The summed E-state index contributed by atoms with van der Waals surface area (Å²) in [5.74, 6) is 0.0885. The molecule has 0 aliphatic carbocycles. The van der Waals surface area contributed by atoms with E-state index >= 15 is 0 Å². The second-order valence-electron chi connectivity index (χ2n) is 3.16. The number of halogens is 2. The van der Waals surface area contributed by atoms with Gasteiger partial charge in [0.25, 0.3) is 0 Å². The van der Waals surface area contributed by atoms with Crippen molar-refractivity contribution in [2.45, 2.75) is 25.7 Å². The van der Waals surface area contributed by atoms with E-state index in [2.05, 4.69) is 31.9 Å². The molecule has 0 atom stereocenters. The minimum Gasteiger partial charge on any atom is -0.329 e. The first-order valence-corrected chi connectivity index (χ1v) is 7.27. The number of nitrogens with zero attached hydrogens (tertiary/aromatic N) is 2. The minimum atomic E-state index is 0.0885. The number of nitriles is 1. The summed E-state index contributed by atoms with van der Waals surface area (Å²) in [5.41, 5.74) is 0. The largest absolute Gasteiger partial charge is 0.329 e. The van der Waals surface area contributed by atoms with E-state index in [9.17, 15) is 4.79 Å². The molecule has 0 aromatic rings. The van der Waals surface area contributed by atoms with Gasteiger partial charge in [-0.1, -0.05) is 31.9 Å². The number of rotatable bonds is 8. The molecule has 0 saturated carbocycles. The van der Waals surface area contributed by atoms with Crippen molar-refractivity contribution in [1.82, 2.24) is 4.90 Å². The second kappa shape index (κ2) is 10.4. The third-order valence-corrected chi connectivity index (χ3v) is 3.07. The highest BCUT2D eigenvalue weighted by Gasteiger charge is 2.11. The zero-order valence-electron chi connectivity index (χ0n) is 8.72. The number of amides is 1. The van der Waals surface area contributed by atoms with Crippen molar-refractivity contribution >= 4 is 37.8 Å². The van der Waals surface area contributed by atoms with Crippen LogP contribution in [-0.4, -0.2) is 34.6 Å². The Hall–Kier alpha value is -0.0800. The normalized spacial score (nSPS) is 9.67. The van der Waals surface area contributed by atoms with Gasteiger partial charge in [-0.2, -0.15) is 5.26 Å². The zero-order valence-corrected chi connectivity index (χ0v) is 11.9. The molecule has 0 spiro atoms. The maximum Gasteiger partial charge on any atom is 0.223 e. The van der Waals surface area contributed by atoms with Crippen molar-refractivity contribution in [3.8, 4) is 6.07 Å². The molecule has 0 bridgehead atoms. The Morgan fingerprint density at radius 1 is 1.20 bits per heavy atom. The lowest BCUT2D eigenvalue weighted by Crippen LogP contribution is -2.32. The molecule has 15 heavy (non-hydrogen) atoms. The lowest BCUT2D eigenvalue weighted by atomic mass is 10.2. The van der Waals surface area contributed by atoms with Gasteiger partial charge in [-0.3, -0.25) is 4.79 Å². The molecule has 86 valence electrons. The van der Waals surface area contributed by atoms with Crippen molar-refractivity contribution in [3.05, 3.63) is 0 Å². The van der Waals surface area contributed by atoms with Crippen molar-refractivity contribution < 1.29 is 4.79 Å². The standard InChI is InChI=1S/C10H16Br2N2O/c11-5-1-2-8-14(9-7-13)10(15)4-3-6-12/h1-6,8-9H2. The first-order valence-electron chi connectivity index (χ1n) is 5.03. The van der Waals surface area contributed by atoms with Crippen molar-refractivity contribution in [2.24, 2.45) is 0 Å². The Balaban J connectivity index is 3.90. The summed E-state index contributed by atoms with van der Waals surface area (Å²) >= 11 is 6.63. The highest BCUT2D eigenvalue weighted by atomic mass is 79.9. The predicted octanol–water partition coefficient (Wildman–Crippen LogP) is 2.69. The number of hydrogen-bond acceptors (Lipinski definition) is 2. The van der Waals surface area contributed by atoms with Crippen LogP contribution in [0, 0.1) is 11.3 Å². The van der Waals surface area contributed by atoms with Crippen molar-refractivity contribution in [1.29, 1.82) is 5.26 Å². The minimum absolute atomic E-state index is 0.0885. The fraction of sp³-hybridized carbons (Fsp3) is 0.800. The van der Waals surface area contributed by atoms with Gasteiger partial charge in [-0.05, 0) is 19.3 Å². The molecule has 0 heterocycles. The van der Waals surface area contributed by atoms with Crippen LogP contribution in [0.2, 0.25) is 0 Å². The summed E-state index contributed by atoms with van der Waals surface area (Å²) in [6, 6.07) is 2.03. The summed E-state index contributed by atoms with van der Waals surface area (Å²) in [7, 11) is 0. The third-order valence-electron chi connectivity index (χ3n) is 1.95. The van der Waals surface area contributed by atoms with Crippen molar-refractivity contribution in [2.75, 3.05) is 23.7 Å². The molecule has 0 aliphatic rings. The van der Waals surface area contributed by atoms with Crippen LogP contribution >= 0.6 is 31.9 Å². The number of unbranched alkanes of at least 4 members (excludes halogenated alkanes) is 1. The predicted molar refractivity (Wildman–Crippen MR) is 68.2 cm³/mol. The quantitative estimate of drug-likeness (QED) is 0.387. The summed E-state index contributed by atoms with van der Waals surface area (Å²) in [5, 5.41) is 10.4. The number of carbonyl (C=O) groups excluding carboxylic acids is 1. The highest BCUT2D eigenvalue weighted by Crippen LogP contribution is 2.03. The van der Waals surface area contributed by atoms with Gasteiger partial charge in [-0.15, -0.1) is 0 Å². The molecular weight excluding hydrogens is 324 g/mol. The Bertz CT molecular complexity index is 216. The fourth-order valence-electron chi connectivity index (χ4n) is 1.15. The van der Waals surface area contributed by atoms with E-state index in [1.54, 1.807) is 4.90 Å². The average molecular weight is 340 g/mol. The second-order valence-corrected chi connectivity index (χ2v) is 4.75. The van der Waals surface area contributed by atoms with Gasteiger partial charge in [0.05, 0.1) is 6.07 Å². The van der Waals surface area contributed by atoms with E-state index in [4.69, 9.17) is 5.26 Å². The lowest BCUT2D eigenvalue weighted by molar-refractivity contribution is -0.130. The van der Waals surface area contributed by atoms with E-state index in [-0.39, 0.29) is 12.5 Å². The van der Waals surface area contributed by atoms with Crippen molar-refractivity contribution in [3.63, 3.8) is 0 Å². The summed E-state index contributed by atoms with van der Waals surface area (Å²) < 4.78 is 0. The Morgan fingerprint density at radius 3 is 2.40 bits per heavy atom. The van der Waals surface area contributed by atoms with E-state index in [0.717, 1.165) is 29.9 Å². The molecule has 0 fully saturated rings. The number of alkyl halides is 2. The first-order chi connectivity index (χ1) is 7.26. The average Bonchev–Trinajstić information content (AvgIpc) is 2.25. The van der Waals surface area contributed by atoms with Crippen LogP contribution in [-0.2, 0) is 4.79 Å². The highest BCUT2D eigenvalue weighted by molar-refractivity contribution is 9.09. The van der Waals surface area contributed by atoms with Crippen LogP contribution in [0.15, 0.2) is 0 Å². The van der Waals surface area contributed by atoms with E-state index in [1.807, 2.05) is 6.07 Å². The lowest BCUT2D eigenvalue weighted by Gasteiger charge is -2.19. The van der Waals surface area contributed by atoms with Gasteiger partial charge >= 0.3 is 0 Å².